The van der Waals surface area contributed by atoms with E-state index in [1.54, 1.807) is 42.7 Å². The Bertz CT molecular complexity index is 549. The minimum Gasteiger partial charge on any atom is -0.399 e. The number of carbonyl (C=O) groups excluding carboxylic acids is 1. The molecule has 102 valence electrons. The average molecular weight is 321 g/mol. The molecule has 3 N–H and O–H groups in total. The molecule has 0 bridgehead atoms. The van der Waals surface area contributed by atoms with E-state index in [4.69, 9.17) is 17.3 Å². The molecule has 0 saturated carbocycles. The van der Waals surface area contributed by atoms with Crippen molar-refractivity contribution in [2.75, 3.05) is 11.1 Å². The Kier molecular flexibility index (Phi) is 7.22. The number of nitrogens with two attached hydrogens (primary N) is 1. The summed E-state index contributed by atoms with van der Waals surface area (Å²) in [4.78, 5) is 15.8. The van der Waals surface area contributed by atoms with Gasteiger partial charge in [0.1, 0.15) is 0 Å². The van der Waals surface area contributed by atoms with Crippen LogP contribution in [0.5, 0.6) is 0 Å². The summed E-state index contributed by atoms with van der Waals surface area (Å²) in [5.41, 5.74) is 7.13. The third-order valence-corrected chi connectivity index (χ3v) is 2.49. The van der Waals surface area contributed by atoms with Crippen LogP contribution < -0.4 is 11.1 Å². The zero-order chi connectivity index (χ0) is 12.3. The second kappa shape index (κ2) is 7.84. The van der Waals surface area contributed by atoms with Crippen LogP contribution in [-0.4, -0.2) is 10.9 Å². The lowest BCUT2D eigenvalue weighted by Crippen LogP contribution is -2.12. The van der Waals surface area contributed by atoms with Crippen LogP contribution in [0.4, 0.5) is 11.4 Å². The van der Waals surface area contributed by atoms with Crippen LogP contribution in [0, 0.1) is 0 Å². The minimum absolute atomic E-state index is 0. The van der Waals surface area contributed by atoms with Gasteiger partial charge >= 0.3 is 0 Å². The Balaban J connectivity index is 0.00000162. The van der Waals surface area contributed by atoms with Crippen molar-refractivity contribution in [3.05, 3.63) is 53.3 Å². The lowest BCUT2D eigenvalue weighted by molar-refractivity contribution is 0.102. The quantitative estimate of drug-likeness (QED) is 0.833. The number of halogens is 3. The standard InChI is InChI=1S/C12H10ClN3O.2ClH/c13-11-7-8(14)1-2-10(11)12(17)16-9-3-5-15-6-4-9;;/h1-7H,14H2,(H,15,16,17);2*1H. The van der Waals surface area contributed by atoms with Crippen LogP contribution in [-0.2, 0) is 0 Å². The van der Waals surface area contributed by atoms with E-state index in [2.05, 4.69) is 10.3 Å². The predicted molar refractivity (Wildman–Crippen MR) is 82.6 cm³/mol. The molecule has 0 atom stereocenters. The van der Waals surface area contributed by atoms with E-state index in [0.717, 1.165) is 0 Å². The number of hydrogen-bond donors (Lipinski definition) is 2. The average Bonchev–Trinajstić information content (AvgIpc) is 2.30. The Morgan fingerprint density at radius 1 is 1.16 bits per heavy atom. The van der Waals surface area contributed by atoms with Crippen LogP contribution in [0.2, 0.25) is 5.02 Å². The predicted octanol–water partition coefficient (Wildman–Crippen LogP) is 3.41. The van der Waals surface area contributed by atoms with Gasteiger partial charge in [0, 0.05) is 23.8 Å². The van der Waals surface area contributed by atoms with E-state index in [1.807, 2.05) is 0 Å². The second-order valence-electron chi connectivity index (χ2n) is 3.43. The van der Waals surface area contributed by atoms with Gasteiger partial charge < -0.3 is 11.1 Å². The van der Waals surface area contributed by atoms with Gasteiger partial charge in [-0.2, -0.15) is 0 Å². The summed E-state index contributed by atoms with van der Waals surface area (Å²) in [6.07, 6.45) is 3.19. The number of anilines is 2. The first-order chi connectivity index (χ1) is 8.16. The number of carbonyl (C=O) groups is 1. The molecule has 0 saturated heterocycles. The largest absolute Gasteiger partial charge is 0.399 e. The number of rotatable bonds is 2. The molecule has 0 aliphatic carbocycles. The van der Waals surface area contributed by atoms with Crippen molar-refractivity contribution in [1.82, 2.24) is 4.98 Å². The van der Waals surface area contributed by atoms with Crippen molar-refractivity contribution in [2.45, 2.75) is 0 Å². The molecule has 0 aliphatic rings. The van der Waals surface area contributed by atoms with Crippen molar-refractivity contribution >= 4 is 53.7 Å². The molecule has 0 fully saturated rings. The highest BCUT2D eigenvalue weighted by atomic mass is 35.5. The van der Waals surface area contributed by atoms with Gasteiger partial charge in [0.2, 0.25) is 0 Å². The number of benzene rings is 1. The maximum absolute atomic E-state index is 11.9. The maximum Gasteiger partial charge on any atom is 0.257 e. The zero-order valence-corrected chi connectivity index (χ0v) is 12.1. The Morgan fingerprint density at radius 2 is 1.79 bits per heavy atom. The van der Waals surface area contributed by atoms with E-state index >= 15 is 0 Å². The molecular formula is C12H12Cl3N3O. The summed E-state index contributed by atoms with van der Waals surface area (Å²) in [7, 11) is 0. The number of nitrogens with zero attached hydrogens (tertiary/aromatic N) is 1. The summed E-state index contributed by atoms with van der Waals surface area (Å²) < 4.78 is 0. The minimum atomic E-state index is -0.277. The molecule has 19 heavy (non-hydrogen) atoms. The first kappa shape index (κ1) is 17.5. The van der Waals surface area contributed by atoms with Gasteiger partial charge in [0.25, 0.3) is 5.91 Å². The molecule has 0 unspecified atom stereocenters. The Morgan fingerprint density at radius 3 is 2.37 bits per heavy atom. The molecule has 1 amide bonds. The molecule has 0 aliphatic heterocycles. The van der Waals surface area contributed by atoms with E-state index in [1.165, 1.54) is 0 Å². The number of hydrogen-bond acceptors (Lipinski definition) is 3. The lowest BCUT2D eigenvalue weighted by Gasteiger charge is -2.06. The molecular weight excluding hydrogens is 309 g/mol. The SMILES string of the molecule is Cl.Cl.Nc1ccc(C(=O)Nc2ccncc2)c(Cl)c1. The normalized spacial score (nSPS) is 8.89. The molecule has 2 aromatic rings. The summed E-state index contributed by atoms with van der Waals surface area (Å²) in [5, 5.41) is 3.04. The van der Waals surface area contributed by atoms with Gasteiger partial charge in [-0.25, -0.2) is 0 Å². The third kappa shape index (κ3) is 4.59. The van der Waals surface area contributed by atoms with Gasteiger partial charge in [-0.3, -0.25) is 9.78 Å². The van der Waals surface area contributed by atoms with Crippen molar-refractivity contribution in [3.63, 3.8) is 0 Å². The first-order valence-corrected chi connectivity index (χ1v) is 5.31. The van der Waals surface area contributed by atoms with Gasteiger partial charge in [-0.1, -0.05) is 11.6 Å². The van der Waals surface area contributed by atoms with Crippen molar-refractivity contribution < 1.29 is 4.79 Å². The number of aromatic nitrogens is 1. The molecule has 1 heterocycles. The third-order valence-electron chi connectivity index (χ3n) is 2.18. The van der Waals surface area contributed by atoms with E-state index in [0.29, 0.717) is 22.0 Å². The first-order valence-electron chi connectivity index (χ1n) is 4.93. The van der Waals surface area contributed by atoms with Crippen LogP contribution >= 0.6 is 36.4 Å². The highest BCUT2D eigenvalue weighted by Gasteiger charge is 2.10. The van der Waals surface area contributed by atoms with Crippen LogP contribution in [0.1, 0.15) is 10.4 Å². The topological polar surface area (TPSA) is 68.0 Å². The van der Waals surface area contributed by atoms with E-state index < -0.39 is 0 Å². The number of amides is 1. The molecule has 1 aromatic carbocycles. The maximum atomic E-state index is 11.9. The smallest absolute Gasteiger partial charge is 0.257 e. The van der Waals surface area contributed by atoms with Gasteiger partial charge in [0.05, 0.1) is 10.6 Å². The van der Waals surface area contributed by atoms with E-state index in [9.17, 15) is 4.79 Å². The molecule has 0 spiro atoms. The summed E-state index contributed by atoms with van der Waals surface area (Å²) in [6.45, 7) is 0. The van der Waals surface area contributed by atoms with Crippen molar-refractivity contribution in [2.24, 2.45) is 0 Å². The second-order valence-corrected chi connectivity index (χ2v) is 3.84. The van der Waals surface area contributed by atoms with Crippen LogP contribution in [0.25, 0.3) is 0 Å². The fraction of sp³-hybridized carbons (Fsp3) is 0. The number of nitrogens with one attached hydrogen (secondary N) is 1. The van der Waals surface area contributed by atoms with Crippen molar-refractivity contribution in [1.29, 1.82) is 0 Å². The fourth-order valence-electron chi connectivity index (χ4n) is 1.35. The van der Waals surface area contributed by atoms with E-state index in [-0.39, 0.29) is 30.7 Å². The number of nitrogen functional groups attached to an aromatic ring is 1. The summed E-state index contributed by atoms with van der Waals surface area (Å²) in [5.74, 6) is -0.277. The van der Waals surface area contributed by atoms with Gasteiger partial charge in [-0.15, -0.1) is 24.8 Å². The Hall–Kier alpha value is -1.49. The van der Waals surface area contributed by atoms with Gasteiger partial charge in [-0.05, 0) is 30.3 Å². The van der Waals surface area contributed by atoms with Crippen LogP contribution in [0.15, 0.2) is 42.7 Å². The molecule has 0 radical (unpaired) electrons. The highest BCUT2D eigenvalue weighted by molar-refractivity contribution is 6.34. The fourth-order valence-corrected chi connectivity index (χ4v) is 1.62. The number of pyridine rings is 1. The lowest BCUT2D eigenvalue weighted by atomic mass is 10.2. The monoisotopic (exact) mass is 319 g/mol. The molecule has 2 rings (SSSR count). The summed E-state index contributed by atoms with van der Waals surface area (Å²) in [6, 6.07) is 8.16. The zero-order valence-electron chi connectivity index (χ0n) is 9.67. The van der Waals surface area contributed by atoms with Crippen LogP contribution in [0.3, 0.4) is 0 Å². The highest BCUT2D eigenvalue weighted by Crippen LogP contribution is 2.20. The molecule has 7 heteroatoms. The summed E-state index contributed by atoms with van der Waals surface area (Å²) >= 11 is 5.94. The van der Waals surface area contributed by atoms with Gasteiger partial charge in [0.15, 0.2) is 0 Å². The Labute approximate surface area is 128 Å². The van der Waals surface area contributed by atoms with Crippen molar-refractivity contribution in [3.8, 4) is 0 Å². The molecule has 1 aromatic heterocycles. The molecule has 4 nitrogen and oxygen atoms in total.